The summed E-state index contributed by atoms with van der Waals surface area (Å²) in [5.74, 6) is 0.534. The molecule has 5 aromatic carbocycles. The Hall–Kier alpha value is -4.25. The van der Waals surface area contributed by atoms with Crippen LogP contribution in [0, 0.1) is 12.1 Å². The van der Waals surface area contributed by atoms with Gasteiger partial charge in [0.1, 0.15) is 0 Å². The molecule has 8 aromatic rings. The minimum Gasteiger partial charge on any atom is -0.305 e. The summed E-state index contributed by atoms with van der Waals surface area (Å²) in [7, 11) is -1.34. The summed E-state index contributed by atoms with van der Waals surface area (Å²) >= 11 is 1.86. The second-order valence-corrected chi connectivity index (χ2v) is 21.5. The van der Waals surface area contributed by atoms with Gasteiger partial charge in [-0.3, -0.25) is 0 Å². The van der Waals surface area contributed by atoms with Crippen molar-refractivity contribution in [2.45, 2.75) is 65.1 Å². The van der Waals surface area contributed by atoms with Gasteiger partial charge in [-0.25, -0.2) is 0 Å². The molecule has 53 heavy (non-hydrogen) atoms. The van der Waals surface area contributed by atoms with Gasteiger partial charge in [0.2, 0.25) is 0 Å². The average molecular weight is 901 g/mol. The van der Waals surface area contributed by atoms with Crippen LogP contribution in [0.4, 0.5) is 0 Å². The number of rotatable bonds is 5. The van der Waals surface area contributed by atoms with Crippen LogP contribution in [0.3, 0.4) is 0 Å². The molecule has 0 atom stereocenters. The molecule has 0 aliphatic heterocycles. The van der Waals surface area contributed by atoms with E-state index in [4.69, 9.17) is 4.98 Å². The monoisotopic (exact) mass is 901 g/mol. The van der Waals surface area contributed by atoms with Crippen LogP contribution in [0.2, 0.25) is 19.6 Å². The Morgan fingerprint density at radius 3 is 2.25 bits per heavy atom. The maximum absolute atomic E-state index is 4.72. The summed E-state index contributed by atoms with van der Waals surface area (Å²) in [6, 6.07) is 45.8. The number of fused-ring (bicyclic) bond motifs is 5. The molecule has 0 spiro atoms. The van der Waals surface area contributed by atoms with Gasteiger partial charge in [-0.2, -0.15) is 11.3 Å². The number of benzene rings is 5. The van der Waals surface area contributed by atoms with Crippen LogP contribution >= 0.6 is 11.3 Å². The van der Waals surface area contributed by atoms with Crippen molar-refractivity contribution in [1.82, 2.24) is 9.97 Å². The molecule has 0 saturated carbocycles. The first kappa shape index (κ1) is 37.1. The fraction of sp³-hybridized carbons (Fsp3) is 0.208. The standard InChI is InChI=1S/C31H22NS.C17H22NSi.Ir/c1-2-8-24-19-32-29(17-21(24)7-1)23-13-15-30-28(16-23)27-14-12-22(18-31(27)33-30)26-11-5-9-20-6-3-4-10-25(20)26;1-13(2)15-11-16(14-9-7-6-8-10-14)18-12-17(15)19(3,4)5;/h1-2,5,7-9,11-12,14-19H,3-4,6,10H2;6-9,11-13H,1-5H3;/q2*-1;. The maximum Gasteiger partial charge on any atom is 0.0799 e. The molecular formula is C48H44IrN2SSi-2. The summed E-state index contributed by atoms with van der Waals surface area (Å²) in [6.07, 6.45) is 9.09. The number of aryl methyl sites for hydroxylation is 1. The summed E-state index contributed by atoms with van der Waals surface area (Å²) in [4.78, 5) is 9.38. The molecule has 0 unspecified atom stereocenters. The maximum atomic E-state index is 4.72. The number of hydrogen-bond acceptors (Lipinski definition) is 3. The van der Waals surface area contributed by atoms with Crippen molar-refractivity contribution in [2.75, 3.05) is 0 Å². The van der Waals surface area contributed by atoms with Crippen LogP contribution in [0.1, 0.15) is 49.3 Å². The van der Waals surface area contributed by atoms with E-state index in [1.807, 2.05) is 35.7 Å². The summed E-state index contributed by atoms with van der Waals surface area (Å²) in [5.41, 5.74) is 11.4. The molecule has 3 aromatic heterocycles. The largest absolute Gasteiger partial charge is 0.305 e. The summed E-state index contributed by atoms with van der Waals surface area (Å²) in [5, 5.41) is 6.46. The third-order valence-corrected chi connectivity index (χ3v) is 13.5. The fourth-order valence-corrected chi connectivity index (χ4v) is 10.4. The van der Waals surface area contributed by atoms with Crippen LogP contribution < -0.4 is 5.19 Å². The molecule has 0 bridgehead atoms. The van der Waals surface area contributed by atoms with E-state index in [0.29, 0.717) is 5.92 Å². The first-order valence-electron chi connectivity index (χ1n) is 18.5. The van der Waals surface area contributed by atoms with Crippen molar-refractivity contribution >= 4 is 55.5 Å². The molecule has 0 saturated heterocycles. The van der Waals surface area contributed by atoms with Gasteiger partial charge < -0.3 is 9.97 Å². The van der Waals surface area contributed by atoms with E-state index in [1.165, 1.54) is 84.1 Å². The van der Waals surface area contributed by atoms with Crippen molar-refractivity contribution < 1.29 is 20.1 Å². The first-order valence-corrected chi connectivity index (χ1v) is 22.9. The molecule has 0 N–H and O–H groups in total. The van der Waals surface area contributed by atoms with E-state index in [1.54, 1.807) is 5.56 Å². The van der Waals surface area contributed by atoms with Gasteiger partial charge in [-0.15, -0.1) is 59.7 Å². The van der Waals surface area contributed by atoms with Gasteiger partial charge in [-0.05, 0) is 97.4 Å². The molecule has 9 rings (SSSR count). The Bertz CT molecular complexity index is 2550. The molecule has 3 heterocycles. The minimum atomic E-state index is -1.34. The topological polar surface area (TPSA) is 25.8 Å². The molecule has 267 valence electrons. The van der Waals surface area contributed by atoms with Crippen molar-refractivity contribution in [2.24, 2.45) is 0 Å². The van der Waals surface area contributed by atoms with Crippen LogP contribution in [0.15, 0.2) is 122 Å². The zero-order chi connectivity index (χ0) is 35.8. The normalized spacial score (nSPS) is 12.7. The van der Waals surface area contributed by atoms with E-state index in [-0.39, 0.29) is 20.1 Å². The Morgan fingerprint density at radius 1 is 0.679 bits per heavy atom. The zero-order valence-corrected chi connectivity index (χ0v) is 35.3. The molecule has 1 aliphatic rings. The number of aromatic nitrogens is 2. The van der Waals surface area contributed by atoms with Gasteiger partial charge in [0.05, 0.1) is 8.07 Å². The average Bonchev–Trinajstić information content (AvgIpc) is 3.54. The number of thiophene rings is 1. The van der Waals surface area contributed by atoms with Crippen LogP contribution in [-0.2, 0) is 32.9 Å². The summed E-state index contributed by atoms with van der Waals surface area (Å²) < 4.78 is 2.62. The Labute approximate surface area is 332 Å². The van der Waals surface area contributed by atoms with Crippen LogP contribution in [-0.4, -0.2) is 18.0 Å². The first-order chi connectivity index (χ1) is 25.2. The zero-order valence-electron chi connectivity index (χ0n) is 31.1. The molecule has 2 nitrogen and oxygen atoms in total. The van der Waals surface area contributed by atoms with Crippen LogP contribution in [0.25, 0.3) is 64.6 Å². The van der Waals surface area contributed by atoms with Gasteiger partial charge in [-0.1, -0.05) is 111 Å². The van der Waals surface area contributed by atoms with Crippen molar-refractivity contribution in [1.29, 1.82) is 0 Å². The molecular weight excluding hydrogens is 857 g/mol. The Balaban J connectivity index is 0.000000187. The number of nitrogens with zero attached hydrogens (tertiary/aromatic N) is 2. The van der Waals surface area contributed by atoms with Crippen molar-refractivity contribution in [3.8, 4) is 33.6 Å². The van der Waals surface area contributed by atoms with Gasteiger partial charge in [0, 0.05) is 37.2 Å². The van der Waals surface area contributed by atoms with E-state index >= 15 is 0 Å². The molecule has 0 amide bonds. The fourth-order valence-electron chi connectivity index (χ4n) is 7.59. The molecule has 0 fully saturated rings. The van der Waals surface area contributed by atoms with Gasteiger partial charge >= 0.3 is 0 Å². The minimum absolute atomic E-state index is 0. The van der Waals surface area contributed by atoms with E-state index < -0.39 is 8.07 Å². The summed E-state index contributed by atoms with van der Waals surface area (Å²) in [6.45, 7) is 11.7. The van der Waals surface area contributed by atoms with Crippen molar-refractivity contribution in [3.05, 3.63) is 150 Å². The SMILES string of the molecule is CC(C)c1cc(-c2[c-]cccc2)ncc1[Si](C)(C)C.[Ir].[c-]1cc2sc3cc(-c4cccc5c4CCCC5)ccc3c2cc1-c1cc2ccccc2cn1. The van der Waals surface area contributed by atoms with E-state index in [0.717, 1.165) is 22.5 Å². The predicted molar refractivity (Wildman–Crippen MR) is 227 cm³/mol. The Morgan fingerprint density at radius 2 is 1.45 bits per heavy atom. The number of pyridine rings is 2. The van der Waals surface area contributed by atoms with Crippen molar-refractivity contribution in [3.63, 3.8) is 0 Å². The molecule has 5 heteroatoms. The van der Waals surface area contributed by atoms with E-state index in [2.05, 4.69) is 148 Å². The predicted octanol–water partition coefficient (Wildman–Crippen LogP) is 12.8. The Kier molecular flexibility index (Phi) is 10.9. The molecule has 1 aliphatic carbocycles. The van der Waals surface area contributed by atoms with E-state index in [9.17, 15) is 0 Å². The second-order valence-electron chi connectivity index (χ2n) is 15.3. The number of hydrogen-bond donors (Lipinski definition) is 0. The molecule has 1 radical (unpaired) electrons. The van der Waals surface area contributed by atoms with Crippen LogP contribution in [0.5, 0.6) is 0 Å². The smallest absolute Gasteiger partial charge is 0.0799 e. The third-order valence-electron chi connectivity index (χ3n) is 10.4. The third kappa shape index (κ3) is 7.72. The quantitative estimate of drug-likeness (QED) is 0.127. The van der Waals surface area contributed by atoms with Gasteiger partial charge in [0.15, 0.2) is 0 Å². The second kappa shape index (κ2) is 15.6. The van der Waals surface area contributed by atoms with Gasteiger partial charge in [0.25, 0.3) is 0 Å².